The van der Waals surface area contributed by atoms with Gasteiger partial charge in [-0.2, -0.15) is 0 Å². The summed E-state index contributed by atoms with van der Waals surface area (Å²) in [7, 11) is 0.973. The average Bonchev–Trinajstić information content (AvgIpc) is 2.29. The van der Waals surface area contributed by atoms with Crippen molar-refractivity contribution in [3.8, 4) is 0 Å². The molecule has 0 aliphatic rings. The smallest absolute Gasteiger partial charge is 0.387 e. The predicted molar refractivity (Wildman–Crippen MR) is 54.7 cm³/mol. The van der Waals surface area contributed by atoms with Crippen LogP contribution in [-0.4, -0.2) is 47.8 Å². The molecule has 0 aliphatic heterocycles. The Morgan fingerprint density at radius 3 is 2.41 bits per heavy atom. The van der Waals surface area contributed by atoms with Crippen LogP contribution >= 0.6 is 0 Å². The number of nitro groups is 1. The van der Waals surface area contributed by atoms with Crippen LogP contribution in [0.15, 0.2) is 0 Å². The first-order chi connectivity index (χ1) is 7.94. The first kappa shape index (κ1) is 15.3. The number of aliphatic hydroxyl groups is 1. The normalized spacial score (nSPS) is 13.6. The van der Waals surface area contributed by atoms with Crippen molar-refractivity contribution in [3.63, 3.8) is 0 Å². The van der Waals surface area contributed by atoms with E-state index in [4.69, 9.17) is 5.11 Å². The number of carbonyl (C=O) groups is 2. The molecule has 0 radical (unpaired) electrons. The lowest BCUT2D eigenvalue weighted by atomic mass is 9.95. The molecule has 0 bridgehead atoms. The molecule has 0 aromatic carbocycles. The van der Waals surface area contributed by atoms with Gasteiger partial charge in [-0.1, -0.05) is 0 Å². The standard InChI is InChI=1S/C9H15NO7/c1-3-17-7(12)4-5-9(6-11,10(14)15)8(13)16-2/h11H,3-6H2,1-2H3. The summed E-state index contributed by atoms with van der Waals surface area (Å²) in [6, 6.07) is 0. The van der Waals surface area contributed by atoms with E-state index >= 15 is 0 Å². The van der Waals surface area contributed by atoms with Crippen LogP contribution in [-0.2, 0) is 19.1 Å². The van der Waals surface area contributed by atoms with Crippen molar-refractivity contribution < 1.29 is 29.1 Å². The van der Waals surface area contributed by atoms with E-state index in [0.29, 0.717) is 0 Å². The molecule has 8 nitrogen and oxygen atoms in total. The summed E-state index contributed by atoms with van der Waals surface area (Å²) >= 11 is 0. The van der Waals surface area contributed by atoms with Crippen LogP contribution in [0, 0.1) is 10.1 Å². The number of nitrogens with zero attached hydrogens (tertiary/aromatic N) is 1. The molecule has 1 N–H and O–H groups in total. The molecule has 8 heteroatoms. The van der Waals surface area contributed by atoms with Gasteiger partial charge in [-0.25, -0.2) is 4.79 Å². The number of carbonyl (C=O) groups excluding carboxylic acids is 2. The second-order valence-corrected chi connectivity index (χ2v) is 3.24. The minimum absolute atomic E-state index is 0.141. The molecular formula is C9H15NO7. The summed E-state index contributed by atoms with van der Waals surface area (Å²) in [4.78, 5) is 32.2. The predicted octanol–water partition coefficient (Wildman–Crippen LogP) is -0.490. The molecule has 0 aromatic heterocycles. The van der Waals surface area contributed by atoms with Crippen LogP contribution in [0.5, 0.6) is 0 Å². The molecule has 98 valence electrons. The highest BCUT2D eigenvalue weighted by atomic mass is 16.6. The van der Waals surface area contributed by atoms with Crippen LogP contribution < -0.4 is 0 Å². The summed E-state index contributed by atoms with van der Waals surface area (Å²) in [5, 5.41) is 19.8. The van der Waals surface area contributed by atoms with Crippen molar-refractivity contribution in [1.29, 1.82) is 0 Å². The summed E-state index contributed by atoms with van der Waals surface area (Å²) < 4.78 is 8.85. The summed E-state index contributed by atoms with van der Waals surface area (Å²) in [6.45, 7) is 0.693. The van der Waals surface area contributed by atoms with Crippen molar-refractivity contribution in [1.82, 2.24) is 0 Å². The zero-order valence-corrected chi connectivity index (χ0v) is 9.67. The minimum atomic E-state index is -2.30. The van der Waals surface area contributed by atoms with Crippen molar-refractivity contribution >= 4 is 11.9 Å². The first-order valence-corrected chi connectivity index (χ1v) is 4.94. The molecule has 0 spiro atoms. The Hall–Kier alpha value is -1.70. The maximum Gasteiger partial charge on any atom is 0.387 e. The number of hydrogen-bond acceptors (Lipinski definition) is 7. The Kier molecular flexibility index (Phi) is 6.11. The molecule has 0 fully saturated rings. The SMILES string of the molecule is CCOC(=O)CCC(CO)(C(=O)OC)[N+](=O)[O-]. The van der Waals surface area contributed by atoms with Crippen LogP contribution in [0.2, 0.25) is 0 Å². The number of aliphatic hydroxyl groups excluding tert-OH is 1. The number of methoxy groups -OCH3 is 1. The lowest BCUT2D eigenvalue weighted by molar-refractivity contribution is -0.559. The summed E-state index contributed by atoms with van der Waals surface area (Å²) in [5.41, 5.74) is -2.30. The van der Waals surface area contributed by atoms with Gasteiger partial charge in [-0.3, -0.25) is 14.9 Å². The van der Waals surface area contributed by atoms with Crippen LogP contribution in [0.1, 0.15) is 19.8 Å². The van der Waals surface area contributed by atoms with Crippen molar-refractivity contribution in [2.45, 2.75) is 25.3 Å². The monoisotopic (exact) mass is 249 g/mol. The Bertz CT molecular complexity index is 304. The zero-order valence-electron chi connectivity index (χ0n) is 9.67. The number of esters is 2. The second kappa shape index (κ2) is 6.79. The molecule has 1 atom stereocenters. The highest BCUT2D eigenvalue weighted by Crippen LogP contribution is 2.19. The van der Waals surface area contributed by atoms with Gasteiger partial charge >= 0.3 is 17.5 Å². The fourth-order valence-electron chi connectivity index (χ4n) is 1.20. The molecule has 17 heavy (non-hydrogen) atoms. The maximum absolute atomic E-state index is 11.3. The van der Waals surface area contributed by atoms with E-state index < -0.39 is 35.4 Å². The van der Waals surface area contributed by atoms with Gasteiger partial charge in [0.25, 0.3) is 0 Å². The van der Waals surface area contributed by atoms with Gasteiger partial charge in [0.05, 0.1) is 20.1 Å². The fourth-order valence-corrected chi connectivity index (χ4v) is 1.20. The van der Waals surface area contributed by atoms with E-state index in [0.717, 1.165) is 7.11 Å². The zero-order chi connectivity index (χ0) is 13.5. The minimum Gasteiger partial charge on any atom is -0.466 e. The van der Waals surface area contributed by atoms with Gasteiger partial charge in [-0.05, 0) is 6.92 Å². The second-order valence-electron chi connectivity index (χ2n) is 3.24. The Morgan fingerprint density at radius 1 is 1.47 bits per heavy atom. The molecule has 0 amide bonds. The fraction of sp³-hybridized carbons (Fsp3) is 0.778. The molecule has 0 aromatic rings. The van der Waals surface area contributed by atoms with E-state index in [2.05, 4.69) is 9.47 Å². The van der Waals surface area contributed by atoms with Crippen molar-refractivity contribution in [3.05, 3.63) is 10.1 Å². The third-order valence-electron chi connectivity index (χ3n) is 2.22. The van der Waals surface area contributed by atoms with Gasteiger partial charge in [0, 0.05) is 11.3 Å². The highest BCUT2D eigenvalue weighted by molar-refractivity contribution is 5.80. The van der Waals surface area contributed by atoms with E-state index in [-0.39, 0.29) is 13.0 Å². The third kappa shape index (κ3) is 3.66. The molecule has 0 aliphatic carbocycles. The van der Waals surface area contributed by atoms with Crippen LogP contribution in [0.25, 0.3) is 0 Å². The third-order valence-corrected chi connectivity index (χ3v) is 2.22. The van der Waals surface area contributed by atoms with E-state index in [1.807, 2.05) is 0 Å². The number of hydrogen-bond donors (Lipinski definition) is 1. The summed E-state index contributed by atoms with van der Waals surface area (Å²) in [6.07, 6.45) is -0.813. The van der Waals surface area contributed by atoms with Crippen LogP contribution in [0.3, 0.4) is 0 Å². The average molecular weight is 249 g/mol. The van der Waals surface area contributed by atoms with Crippen molar-refractivity contribution in [2.24, 2.45) is 0 Å². The largest absolute Gasteiger partial charge is 0.466 e. The van der Waals surface area contributed by atoms with E-state index in [1.54, 1.807) is 6.92 Å². The van der Waals surface area contributed by atoms with E-state index in [9.17, 15) is 19.7 Å². The molecule has 0 rings (SSSR count). The Labute approximate surface area is 97.7 Å². The van der Waals surface area contributed by atoms with Crippen molar-refractivity contribution in [2.75, 3.05) is 20.3 Å². The van der Waals surface area contributed by atoms with Gasteiger partial charge in [-0.15, -0.1) is 0 Å². The molecule has 0 heterocycles. The first-order valence-electron chi connectivity index (χ1n) is 4.94. The van der Waals surface area contributed by atoms with Gasteiger partial charge in [0.15, 0.2) is 0 Å². The number of rotatable bonds is 7. The lowest BCUT2D eigenvalue weighted by Gasteiger charge is -2.19. The topological polar surface area (TPSA) is 116 Å². The van der Waals surface area contributed by atoms with Crippen LogP contribution in [0.4, 0.5) is 0 Å². The van der Waals surface area contributed by atoms with Gasteiger partial charge < -0.3 is 14.6 Å². The molecule has 0 saturated heterocycles. The molecular weight excluding hydrogens is 234 g/mol. The Balaban J connectivity index is 4.77. The molecule has 0 saturated carbocycles. The highest BCUT2D eigenvalue weighted by Gasteiger charge is 2.52. The summed E-state index contributed by atoms with van der Waals surface area (Å²) in [5.74, 6) is -1.86. The van der Waals surface area contributed by atoms with Gasteiger partial charge in [0.2, 0.25) is 0 Å². The molecule has 1 unspecified atom stereocenters. The van der Waals surface area contributed by atoms with Gasteiger partial charge in [0.1, 0.15) is 6.61 Å². The Morgan fingerprint density at radius 2 is 2.06 bits per heavy atom. The van der Waals surface area contributed by atoms with E-state index in [1.165, 1.54) is 0 Å². The lowest BCUT2D eigenvalue weighted by Crippen LogP contribution is -2.50. The number of ether oxygens (including phenoxy) is 2. The maximum atomic E-state index is 11.3. The quantitative estimate of drug-likeness (QED) is 0.367.